The van der Waals surface area contributed by atoms with Crippen molar-refractivity contribution in [3.63, 3.8) is 0 Å². The predicted molar refractivity (Wildman–Crippen MR) is 74.9 cm³/mol. The molecule has 8 heteroatoms. The monoisotopic (exact) mass is 303 g/mol. The van der Waals surface area contributed by atoms with Crippen LogP contribution in [0.5, 0.6) is 0 Å². The summed E-state index contributed by atoms with van der Waals surface area (Å²) in [4.78, 5) is 21.8. The van der Waals surface area contributed by atoms with Crippen LogP contribution in [0.25, 0.3) is 0 Å². The van der Waals surface area contributed by atoms with Gasteiger partial charge in [0.1, 0.15) is 4.92 Å². The van der Waals surface area contributed by atoms with E-state index >= 15 is 0 Å². The molecule has 1 aromatic rings. The Morgan fingerprint density at radius 2 is 2.15 bits per heavy atom. The van der Waals surface area contributed by atoms with Gasteiger partial charge in [0.25, 0.3) is 5.91 Å². The Balaban J connectivity index is 0.00000200. The van der Waals surface area contributed by atoms with Crippen LogP contribution < -0.4 is 11.1 Å². The molecule has 1 amide bonds. The third-order valence-corrected chi connectivity index (χ3v) is 3.52. The summed E-state index contributed by atoms with van der Waals surface area (Å²) in [6, 6.07) is 2.51. The highest BCUT2D eigenvalue weighted by molar-refractivity contribution is 5.91. The lowest BCUT2D eigenvalue weighted by Crippen LogP contribution is -2.44. The second kappa shape index (κ2) is 7.25. The van der Waals surface area contributed by atoms with Gasteiger partial charge in [-0.05, 0) is 31.4 Å². The van der Waals surface area contributed by atoms with Gasteiger partial charge in [0.2, 0.25) is 0 Å². The quantitative estimate of drug-likeness (QED) is 0.651. The van der Waals surface area contributed by atoms with Crippen molar-refractivity contribution >= 4 is 24.2 Å². The molecule has 1 aliphatic carbocycles. The summed E-state index contributed by atoms with van der Waals surface area (Å²) in [7, 11) is 0. The normalized spacial score (nSPS) is 21.9. The number of nitrogens with two attached hydrogens (primary N) is 1. The Hall–Kier alpha value is -1.60. The molecule has 1 fully saturated rings. The number of amides is 1. The number of hydrogen-bond acceptors (Lipinski definition) is 5. The van der Waals surface area contributed by atoms with E-state index in [1.165, 1.54) is 12.1 Å². The van der Waals surface area contributed by atoms with E-state index in [9.17, 15) is 14.9 Å². The summed E-state index contributed by atoms with van der Waals surface area (Å²) >= 11 is 0. The van der Waals surface area contributed by atoms with E-state index in [4.69, 9.17) is 10.2 Å². The molecule has 0 aliphatic heterocycles. The third kappa shape index (κ3) is 3.71. The fourth-order valence-electron chi connectivity index (χ4n) is 2.47. The van der Waals surface area contributed by atoms with Crippen LogP contribution in [0.3, 0.4) is 0 Å². The van der Waals surface area contributed by atoms with Crippen molar-refractivity contribution in [2.75, 3.05) is 6.54 Å². The van der Waals surface area contributed by atoms with Crippen LogP contribution in [0.1, 0.15) is 36.2 Å². The highest BCUT2D eigenvalue weighted by Gasteiger charge is 2.27. The van der Waals surface area contributed by atoms with Gasteiger partial charge in [-0.2, -0.15) is 0 Å². The van der Waals surface area contributed by atoms with Crippen LogP contribution in [0.15, 0.2) is 16.5 Å². The molecule has 3 N–H and O–H groups in total. The lowest BCUT2D eigenvalue weighted by molar-refractivity contribution is -0.402. The standard InChI is InChI=1S/C12H17N3O4.ClH/c13-7-8-3-1-2-4-9(8)14-12(16)10-5-6-11(19-10)15(17)18;/h5-6,8-9H,1-4,7,13H2,(H,14,16);1H. The minimum absolute atomic E-state index is 0. The molecule has 112 valence electrons. The van der Waals surface area contributed by atoms with E-state index in [-0.39, 0.29) is 30.1 Å². The van der Waals surface area contributed by atoms with Gasteiger partial charge in [-0.1, -0.05) is 12.8 Å². The Morgan fingerprint density at radius 1 is 1.45 bits per heavy atom. The molecule has 7 nitrogen and oxygen atoms in total. The van der Waals surface area contributed by atoms with Gasteiger partial charge in [0.15, 0.2) is 5.76 Å². The number of nitro groups is 1. The molecule has 1 saturated carbocycles. The van der Waals surface area contributed by atoms with Gasteiger partial charge < -0.3 is 15.5 Å². The second-order valence-electron chi connectivity index (χ2n) is 4.76. The Kier molecular flexibility index (Phi) is 5.97. The number of hydrogen-bond donors (Lipinski definition) is 2. The summed E-state index contributed by atoms with van der Waals surface area (Å²) in [6.45, 7) is 0.531. The number of furan rings is 1. The number of nitrogens with one attached hydrogen (secondary N) is 1. The lowest BCUT2D eigenvalue weighted by Gasteiger charge is -2.30. The third-order valence-electron chi connectivity index (χ3n) is 3.52. The van der Waals surface area contributed by atoms with Gasteiger partial charge in [0.05, 0.1) is 6.07 Å². The van der Waals surface area contributed by atoms with Gasteiger partial charge in [-0.15, -0.1) is 12.4 Å². The van der Waals surface area contributed by atoms with E-state index in [2.05, 4.69) is 5.32 Å². The average Bonchev–Trinajstić information content (AvgIpc) is 2.89. The minimum Gasteiger partial charge on any atom is -0.395 e. The van der Waals surface area contributed by atoms with E-state index in [0.29, 0.717) is 6.54 Å². The van der Waals surface area contributed by atoms with Gasteiger partial charge in [0, 0.05) is 6.04 Å². The van der Waals surface area contributed by atoms with Crippen molar-refractivity contribution in [3.8, 4) is 0 Å². The van der Waals surface area contributed by atoms with Crippen LogP contribution >= 0.6 is 12.4 Å². The van der Waals surface area contributed by atoms with Crippen LogP contribution in [0.4, 0.5) is 5.88 Å². The fraction of sp³-hybridized carbons (Fsp3) is 0.583. The fourth-order valence-corrected chi connectivity index (χ4v) is 2.47. The topological polar surface area (TPSA) is 111 Å². The molecule has 2 atom stereocenters. The Labute approximate surface area is 122 Å². The van der Waals surface area contributed by atoms with E-state index in [1.807, 2.05) is 0 Å². The first-order valence-corrected chi connectivity index (χ1v) is 6.37. The molecular weight excluding hydrogens is 286 g/mol. The molecule has 0 spiro atoms. The predicted octanol–water partition coefficient (Wildman–Crippen LogP) is 1.86. The Bertz CT molecular complexity index is 477. The SMILES string of the molecule is Cl.NCC1CCCCC1NC(=O)c1ccc([N+](=O)[O-])o1. The molecule has 0 saturated heterocycles. The van der Waals surface area contributed by atoms with Crippen molar-refractivity contribution < 1.29 is 14.1 Å². The summed E-state index contributed by atoms with van der Waals surface area (Å²) in [5.41, 5.74) is 5.69. The molecule has 0 bridgehead atoms. The number of nitrogens with zero attached hydrogens (tertiary/aromatic N) is 1. The zero-order chi connectivity index (χ0) is 13.8. The largest absolute Gasteiger partial charge is 0.433 e. The second-order valence-corrected chi connectivity index (χ2v) is 4.76. The molecule has 2 unspecified atom stereocenters. The van der Waals surface area contributed by atoms with Crippen molar-refractivity contribution in [1.29, 1.82) is 0 Å². The summed E-state index contributed by atoms with van der Waals surface area (Å²) in [5.74, 6) is -0.613. The van der Waals surface area contributed by atoms with Gasteiger partial charge in [-0.25, -0.2) is 0 Å². The summed E-state index contributed by atoms with van der Waals surface area (Å²) in [6.07, 6.45) is 4.07. The number of carbonyl (C=O) groups is 1. The Morgan fingerprint density at radius 3 is 2.75 bits per heavy atom. The summed E-state index contributed by atoms with van der Waals surface area (Å²) in [5, 5.41) is 13.3. The maximum absolute atomic E-state index is 11.9. The van der Waals surface area contributed by atoms with E-state index in [1.54, 1.807) is 0 Å². The lowest BCUT2D eigenvalue weighted by atomic mass is 9.84. The average molecular weight is 304 g/mol. The number of rotatable bonds is 4. The van der Waals surface area contributed by atoms with Crippen LogP contribution in [0, 0.1) is 16.0 Å². The first-order chi connectivity index (χ1) is 9.11. The van der Waals surface area contributed by atoms with Crippen molar-refractivity contribution in [1.82, 2.24) is 5.32 Å². The molecule has 0 radical (unpaired) electrons. The van der Waals surface area contributed by atoms with Crippen molar-refractivity contribution in [2.24, 2.45) is 11.7 Å². The minimum atomic E-state index is -0.667. The van der Waals surface area contributed by atoms with Gasteiger partial charge in [-0.3, -0.25) is 14.9 Å². The molecule has 1 aliphatic rings. The molecule has 2 rings (SSSR count). The van der Waals surface area contributed by atoms with Gasteiger partial charge >= 0.3 is 5.88 Å². The van der Waals surface area contributed by atoms with Crippen LogP contribution in [0.2, 0.25) is 0 Å². The highest BCUT2D eigenvalue weighted by atomic mass is 35.5. The van der Waals surface area contributed by atoms with Crippen molar-refractivity contribution in [3.05, 3.63) is 28.0 Å². The molecule has 1 heterocycles. The van der Waals surface area contributed by atoms with E-state index < -0.39 is 16.7 Å². The molecule has 1 aromatic heterocycles. The first kappa shape index (κ1) is 16.5. The van der Waals surface area contributed by atoms with Crippen LogP contribution in [-0.4, -0.2) is 23.4 Å². The molecule has 20 heavy (non-hydrogen) atoms. The highest BCUT2D eigenvalue weighted by Crippen LogP contribution is 2.24. The van der Waals surface area contributed by atoms with Crippen molar-refractivity contribution in [2.45, 2.75) is 31.7 Å². The number of halogens is 1. The number of carbonyl (C=O) groups excluding carboxylic acids is 1. The maximum atomic E-state index is 11.9. The van der Waals surface area contributed by atoms with Crippen LogP contribution in [-0.2, 0) is 0 Å². The zero-order valence-electron chi connectivity index (χ0n) is 10.9. The molecular formula is C12H18ClN3O4. The van der Waals surface area contributed by atoms with E-state index in [0.717, 1.165) is 25.7 Å². The molecule has 0 aromatic carbocycles. The smallest absolute Gasteiger partial charge is 0.395 e. The first-order valence-electron chi connectivity index (χ1n) is 6.37. The zero-order valence-corrected chi connectivity index (χ0v) is 11.7. The maximum Gasteiger partial charge on any atom is 0.433 e. The summed E-state index contributed by atoms with van der Waals surface area (Å²) < 4.78 is 4.87.